The van der Waals surface area contributed by atoms with Crippen LogP contribution in [0.3, 0.4) is 0 Å². The SMILES string of the molecule is COCc1nc(NC[C@@H](N)Cc2ccc(C(F)(F)F)nc2)sc1-c1ccc2cnccc2c1. The number of benzene rings is 1. The Bertz CT molecular complexity index is 1230. The maximum atomic E-state index is 12.7. The first-order valence-corrected chi connectivity index (χ1v) is 11.0. The number of anilines is 1. The van der Waals surface area contributed by atoms with Crippen LogP contribution in [-0.4, -0.2) is 34.6 Å². The molecule has 0 aliphatic rings. The summed E-state index contributed by atoms with van der Waals surface area (Å²) in [5, 5.41) is 6.09. The Balaban J connectivity index is 1.44. The van der Waals surface area contributed by atoms with Gasteiger partial charge in [0.25, 0.3) is 0 Å². The summed E-state index contributed by atoms with van der Waals surface area (Å²) in [7, 11) is 1.62. The number of hydrogen-bond donors (Lipinski definition) is 2. The number of ether oxygens (including phenoxy) is 1. The minimum absolute atomic E-state index is 0.324. The molecule has 6 nitrogen and oxygen atoms in total. The first-order chi connectivity index (χ1) is 15.8. The lowest BCUT2D eigenvalue weighted by Crippen LogP contribution is -2.31. The molecule has 0 aliphatic heterocycles. The highest BCUT2D eigenvalue weighted by Gasteiger charge is 2.32. The molecular weight excluding hydrogens is 451 g/mol. The second-order valence-electron chi connectivity index (χ2n) is 7.56. The number of halogens is 3. The Labute approximate surface area is 192 Å². The van der Waals surface area contributed by atoms with Crippen molar-refractivity contribution in [3.8, 4) is 10.4 Å². The van der Waals surface area contributed by atoms with Gasteiger partial charge < -0.3 is 15.8 Å². The molecule has 4 rings (SSSR count). The summed E-state index contributed by atoms with van der Waals surface area (Å²) in [4.78, 5) is 13.3. The fourth-order valence-electron chi connectivity index (χ4n) is 3.42. The van der Waals surface area contributed by atoms with Crippen molar-refractivity contribution in [2.75, 3.05) is 19.0 Å². The Morgan fingerprint density at radius 1 is 1.12 bits per heavy atom. The minimum Gasteiger partial charge on any atom is -0.378 e. The van der Waals surface area contributed by atoms with E-state index in [1.807, 2.05) is 24.4 Å². The van der Waals surface area contributed by atoms with Crippen LogP contribution in [0.1, 0.15) is 17.0 Å². The van der Waals surface area contributed by atoms with Gasteiger partial charge in [-0.2, -0.15) is 13.2 Å². The molecular formula is C23H22F3N5OS. The van der Waals surface area contributed by atoms with Gasteiger partial charge in [0.15, 0.2) is 5.13 Å². The summed E-state index contributed by atoms with van der Waals surface area (Å²) in [6.45, 7) is 0.773. The van der Waals surface area contributed by atoms with Gasteiger partial charge in [-0.3, -0.25) is 9.97 Å². The highest BCUT2D eigenvalue weighted by atomic mass is 32.1. The molecule has 0 spiro atoms. The van der Waals surface area contributed by atoms with E-state index in [0.717, 1.165) is 33.0 Å². The zero-order valence-electron chi connectivity index (χ0n) is 17.8. The van der Waals surface area contributed by atoms with Gasteiger partial charge in [-0.15, -0.1) is 0 Å². The van der Waals surface area contributed by atoms with Gasteiger partial charge in [0.2, 0.25) is 0 Å². The third-order valence-electron chi connectivity index (χ3n) is 5.01. The van der Waals surface area contributed by atoms with Crippen LogP contribution in [0.5, 0.6) is 0 Å². The van der Waals surface area contributed by atoms with Gasteiger partial charge in [0.1, 0.15) is 5.69 Å². The van der Waals surface area contributed by atoms with Crippen molar-refractivity contribution >= 4 is 27.2 Å². The number of aromatic nitrogens is 3. The maximum Gasteiger partial charge on any atom is 0.433 e. The molecule has 10 heteroatoms. The molecule has 4 aromatic rings. The van der Waals surface area contributed by atoms with Crippen molar-refractivity contribution < 1.29 is 17.9 Å². The van der Waals surface area contributed by atoms with E-state index < -0.39 is 11.9 Å². The minimum atomic E-state index is -4.45. The molecule has 0 radical (unpaired) electrons. The number of fused-ring (bicyclic) bond motifs is 1. The Morgan fingerprint density at radius 2 is 1.97 bits per heavy atom. The fourth-order valence-corrected chi connectivity index (χ4v) is 4.39. The number of nitrogens with two attached hydrogens (primary N) is 1. The van der Waals surface area contributed by atoms with Gasteiger partial charge in [-0.25, -0.2) is 4.98 Å². The van der Waals surface area contributed by atoms with E-state index in [0.29, 0.717) is 30.3 Å². The van der Waals surface area contributed by atoms with E-state index >= 15 is 0 Å². The normalized spacial score (nSPS) is 12.8. The molecule has 0 unspecified atom stereocenters. The molecule has 0 aliphatic carbocycles. The first kappa shape index (κ1) is 23.1. The lowest BCUT2D eigenvalue weighted by Gasteiger charge is -2.13. The Hall–Kier alpha value is -3.08. The van der Waals surface area contributed by atoms with Crippen LogP contribution in [0, 0.1) is 0 Å². The van der Waals surface area contributed by atoms with Gasteiger partial charge in [-0.05, 0) is 41.1 Å². The average Bonchev–Trinajstić information content (AvgIpc) is 3.20. The van der Waals surface area contributed by atoms with Crippen LogP contribution in [0.15, 0.2) is 55.0 Å². The zero-order valence-corrected chi connectivity index (χ0v) is 18.6. The van der Waals surface area contributed by atoms with Crippen molar-refractivity contribution in [1.82, 2.24) is 15.0 Å². The molecule has 0 saturated carbocycles. The molecule has 33 heavy (non-hydrogen) atoms. The van der Waals surface area contributed by atoms with E-state index in [1.54, 1.807) is 13.3 Å². The molecule has 0 bridgehead atoms. The van der Waals surface area contributed by atoms with Gasteiger partial charge in [0.05, 0.1) is 17.2 Å². The van der Waals surface area contributed by atoms with Crippen LogP contribution in [0.25, 0.3) is 21.2 Å². The molecule has 3 N–H and O–H groups in total. The summed E-state index contributed by atoms with van der Waals surface area (Å²) in [5.41, 5.74) is 7.77. The van der Waals surface area contributed by atoms with Crippen molar-refractivity contribution in [2.24, 2.45) is 5.73 Å². The van der Waals surface area contributed by atoms with Crippen LogP contribution >= 0.6 is 11.3 Å². The second-order valence-corrected chi connectivity index (χ2v) is 8.56. The predicted octanol–water partition coefficient (Wildman–Crippen LogP) is 4.90. The summed E-state index contributed by atoms with van der Waals surface area (Å²) >= 11 is 1.50. The summed E-state index contributed by atoms with van der Waals surface area (Å²) in [6, 6.07) is 10.2. The standard InChI is InChI=1S/C23H22F3N5OS/c1-32-13-19-21(16-3-4-17-11-28-7-6-15(17)9-16)33-22(31-19)30-12-18(27)8-14-2-5-20(29-10-14)23(24,25)26/h2-7,9-11,18H,8,12-13,27H2,1H3,(H,30,31)/t18-/m0/s1. The molecule has 172 valence electrons. The second kappa shape index (κ2) is 9.82. The summed E-state index contributed by atoms with van der Waals surface area (Å²) in [6.07, 6.45) is 0.737. The van der Waals surface area contributed by atoms with Crippen LogP contribution in [0.4, 0.5) is 18.3 Å². The highest BCUT2D eigenvalue weighted by molar-refractivity contribution is 7.19. The number of alkyl halides is 3. The predicted molar refractivity (Wildman–Crippen MR) is 123 cm³/mol. The van der Waals surface area contributed by atoms with E-state index in [4.69, 9.17) is 10.5 Å². The monoisotopic (exact) mass is 473 g/mol. The quantitative estimate of drug-likeness (QED) is 0.379. The Kier molecular flexibility index (Phi) is 6.87. The fraction of sp³-hybridized carbons (Fsp3) is 0.261. The smallest absolute Gasteiger partial charge is 0.378 e. The number of methoxy groups -OCH3 is 1. The first-order valence-electron chi connectivity index (χ1n) is 10.2. The van der Waals surface area contributed by atoms with Crippen LogP contribution < -0.4 is 11.1 Å². The maximum absolute atomic E-state index is 12.7. The number of pyridine rings is 2. The van der Waals surface area contributed by atoms with Crippen LogP contribution in [-0.2, 0) is 23.9 Å². The molecule has 1 aromatic carbocycles. The summed E-state index contributed by atoms with van der Waals surface area (Å²) in [5.74, 6) is 0. The van der Waals surface area contributed by atoms with Gasteiger partial charge in [-0.1, -0.05) is 29.5 Å². The number of nitrogens with zero attached hydrogens (tertiary/aromatic N) is 3. The van der Waals surface area contributed by atoms with Crippen molar-refractivity contribution in [3.63, 3.8) is 0 Å². The Morgan fingerprint density at radius 3 is 2.70 bits per heavy atom. The molecule has 3 heterocycles. The van der Waals surface area contributed by atoms with Gasteiger partial charge in [0, 0.05) is 43.7 Å². The molecule has 1 atom stereocenters. The van der Waals surface area contributed by atoms with E-state index in [2.05, 4.69) is 26.3 Å². The average molecular weight is 474 g/mol. The topological polar surface area (TPSA) is 86.0 Å². The molecule has 0 amide bonds. The number of thiazole rings is 1. The largest absolute Gasteiger partial charge is 0.433 e. The number of rotatable bonds is 8. The van der Waals surface area contributed by atoms with E-state index in [-0.39, 0.29) is 6.04 Å². The zero-order chi connectivity index (χ0) is 23.4. The lowest BCUT2D eigenvalue weighted by molar-refractivity contribution is -0.141. The van der Waals surface area contributed by atoms with Crippen molar-refractivity contribution in [1.29, 1.82) is 0 Å². The van der Waals surface area contributed by atoms with Gasteiger partial charge >= 0.3 is 6.18 Å². The van der Waals surface area contributed by atoms with Crippen molar-refractivity contribution in [3.05, 3.63) is 71.9 Å². The molecule has 3 aromatic heterocycles. The highest BCUT2D eigenvalue weighted by Crippen LogP contribution is 2.35. The number of hydrogen-bond acceptors (Lipinski definition) is 7. The van der Waals surface area contributed by atoms with E-state index in [1.165, 1.54) is 23.6 Å². The van der Waals surface area contributed by atoms with Crippen molar-refractivity contribution in [2.45, 2.75) is 25.2 Å². The van der Waals surface area contributed by atoms with E-state index in [9.17, 15) is 13.2 Å². The van der Waals surface area contributed by atoms with Crippen LogP contribution in [0.2, 0.25) is 0 Å². The number of nitrogens with one attached hydrogen (secondary N) is 1. The lowest BCUT2D eigenvalue weighted by atomic mass is 10.1. The third-order valence-corrected chi connectivity index (χ3v) is 6.11. The molecule has 0 saturated heterocycles. The third kappa shape index (κ3) is 5.65. The summed E-state index contributed by atoms with van der Waals surface area (Å²) < 4.78 is 43.3. The molecule has 0 fully saturated rings.